The summed E-state index contributed by atoms with van der Waals surface area (Å²) in [5.41, 5.74) is 2.63. The largest absolute Gasteiger partial charge is 0.391 e. The van der Waals surface area contributed by atoms with Crippen molar-refractivity contribution < 1.29 is 14.7 Å². The predicted octanol–water partition coefficient (Wildman–Crippen LogP) is 2.64. The molecule has 1 saturated heterocycles. The number of carbonyl (C=O) groups is 2. The van der Waals surface area contributed by atoms with E-state index >= 15 is 0 Å². The van der Waals surface area contributed by atoms with Crippen LogP contribution >= 0.6 is 11.8 Å². The molecular formula is C25H37N3O3S. The lowest BCUT2D eigenvalue weighted by Crippen LogP contribution is -2.56. The van der Waals surface area contributed by atoms with Crippen molar-refractivity contribution in [1.29, 1.82) is 0 Å². The third-order valence-corrected chi connectivity index (χ3v) is 7.94. The molecule has 4 fully saturated rings. The molecule has 1 aromatic carbocycles. The fourth-order valence-electron chi connectivity index (χ4n) is 5.52. The third-order valence-electron chi connectivity index (χ3n) is 7.48. The van der Waals surface area contributed by atoms with Gasteiger partial charge in [0, 0.05) is 25.4 Å². The Balaban J connectivity index is 1.37. The van der Waals surface area contributed by atoms with Gasteiger partial charge in [0.1, 0.15) is 6.04 Å². The highest BCUT2D eigenvalue weighted by atomic mass is 32.2. The van der Waals surface area contributed by atoms with Crippen LogP contribution in [0.15, 0.2) is 24.3 Å². The van der Waals surface area contributed by atoms with Crippen LogP contribution in [0.1, 0.15) is 57.6 Å². The summed E-state index contributed by atoms with van der Waals surface area (Å²) >= 11 is 1.62. The fourth-order valence-corrected chi connectivity index (χ4v) is 5.85. The first-order chi connectivity index (χ1) is 15.1. The van der Waals surface area contributed by atoms with Gasteiger partial charge in [0.2, 0.25) is 11.8 Å². The van der Waals surface area contributed by atoms with Gasteiger partial charge in [0.25, 0.3) is 0 Å². The number of nitrogens with one attached hydrogen (secondary N) is 2. The van der Waals surface area contributed by atoms with Gasteiger partial charge in [-0.1, -0.05) is 45.0 Å². The number of amides is 2. The molecule has 0 spiro atoms. The summed E-state index contributed by atoms with van der Waals surface area (Å²) in [4.78, 5) is 27.9. The Bertz CT molecular complexity index is 834. The molecule has 1 aliphatic heterocycles. The first kappa shape index (κ1) is 23.6. The Morgan fingerprint density at radius 1 is 1.22 bits per heavy atom. The summed E-state index contributed by atoms with van der Waals surface area (Å²) in [7, 11) is 0. The normalized spacial score (nSPS) is 29.8. The smallest absolute Gasteiger partial charge is 0.243 e. The second-order valence-corrected chi connectivity index (χ2v) is 11.9. The molecule has 3 N–H and O–H groups in total. The summed E-state index contributed by atoms with van der Waals surface area (Å²) in [5.74, 6) is 1.29. The van der Waals surface area contributed by atoms with Crippen molar-refractivity contribution in [1.82, 2.24) is 15.5 Å². The van der Waals surface area contributed by atoms with Crippen LogP contribution in [0.2, 0.25) is 0 Å². The van der Waals surface area contributed by atoms with Crippen molar-refractivity contribution in [2.45, 2.75) is 76.6 Å². The molecule has 0 aromatic heterocycles. The lowest BCUT2D eigenvalue weighted by atomic mass is 9.42. The summed E-state index contributed by atoms with van der Waals surface area (Å²) in [6, 6.07) is 7.56. The molecule has 5 rings (SSSR count). The fraction of sp³-hybridized carbons (Fsp3) is 0.680. The van der Waals surface area contributed by atoms with E-state index in [1.54, 1.807) is 16.7 Å². The third kappa shape index (κ3) is 4.57. The zero-order valence-electron chi connectivity index (χ0n) is 19.7. The molecular weight excluding hydrogens is 422 g/mol. The summed E-state index contributed by atoms with van der Waals surface area (Å²) in [6.07, 6.45) is 5.58. The second kappa shape index (κ2) is 8.99. The number of thioether (sulfide) groups is 1. The lowest BCUT2D eigenvalue weighted by Gasteiger charge is -2.62. The zero-order valence-corrected chi connectivity index (χ0v) is 20.5. The van der Waals surface area contributed by atoms with Crippen LogP contribution in [0, 0.1) is 11.3 Å². The molecule has 3 aliphatic carbocycles. The van der Waals surface area contributed by atoms with Crippen LogP contribution in [0.25, 0.3) is 0 Å². The molecule has 176 valence electrons. The van der Waals surface area contributed by atoms with E-state index in [2.05, 4.69) is 34.9 Å². The van der Waals surface area contributed by atoms with Gasteiger partial charge in [0.05, 0.1) is 12.1 Å². The molecule has 32 heavy (non-hydrogen) atoms. The minimum Gasteiger partial charge on any atom is -0.391 e. The highest BCUT2D eigenvalue weighted by molar-refractivity contribution is 7.98. The number of nitrogens with zero attached hydrogens (tertiary/aromatic N) is 1. The first-order valence-electron chi connectivity index (χ1n) is 11.7. The monoisotopic (exact) mass is 459 g/mol. The van der Waals surface area contributed by atoms with E-state index in [1.807, 2.05) is 27.0 Å². The van der Waals surface area contributed by atoms with E-state index in [4.69, 9.17) is 0 Å². The van der Waals surface area contributed by atoms with Gasteiger partial charge in [-0.25, -0.2) is 0 Å². The van der Waals surface area contributed by atoms with Crippen molar-refractivity contribution in [3.8, 4) is 0 Å². The van der Waals surface area contributed by atoms with Crippen molar-refractivity contribution >= 4 is 23.6 Å². The van der Waals surface area contributed by atoms with Crippen molar-refractivity contribution in [3.63, 3.8) is 0 Å². The van der Waals surface area contributed by atoms with Crippen LogP contribution < -0.4 is 10.6 Å². The lowest BCUT2D eigenvalue weighted by molar-refractivity contribution is -0.142. The summed E-state index contributed by atoms with van der Waals surface area (Å²) in [6.45, 7) is 6.67. The second-order valence-electron chi connectivity index (χ2n) is 11.0. The van der Waals surface area contributed by atoms with E-state index < -0.39 is 18.2 Å². The highest BCUT2D eigenvalue weighted by Gasteiger charge is 2.57. The van der Waals surface area contributed by atoms with E-state index in [0.717, 1.165) is 11.5 Å². The number of aliphatic hydroxyl groups is 1. The summed E-state index contributed by atoms with van der Waals surface area (Å²) in [5, 5.41) is 16.6. The van der Waals surface area contributed by atoms with E-state index in [-0.39, 0.29) is 30.2 Å². The van der Waals surface area contributed by atoms with E-state index in [1.165, 1.54) is 24.8 Å². The topological polar surface area (TPSA) is 81.7 Å². The molecule has 3 saturated carbocycles. The molecule has 0 radical (unpaired) electrons. The number of β-amino-alcohol motifs (C(OH)–C–C–N with tert-alkyl or cyclic N) is 1. The minimum absolute atomic E-state index is 0.119. The zero-order chi connectivity index (χ0) is 23.1. The van der Waals surface area contributed by atoms with Crippen LogP contribution in [0.5, 0.6) is 0 Å². The van der Waals surface area contributed by atoms with Crippen molar-refractivity contribution in [3.05, 3.63) is 35.4 Å². The van der Waals surface area contributed by atoms with Gasteiger partial charge < -0.3 is 15.3 Å². The molecule has 1 heterocycles. The van der Waals surface area contributed by atoms with Gasteiger partial charge in [0.15, 0.2) is 0 Å². The Labute approximate surface area is 195 Å². The highest BCUT2D eigenvalue weighted by Crippen LogP contribution is 2.65. The molecule has 2 amide bonds. The van der Waals surface area contributed by atoms with Gasteiger partial charge in [-0.3, -0.25) is 14.9 Å². The maximum atomic E-state index is 13.4. The van der Waals surface area contributed by atoms with E-state index in [9.17, 15) is 14.7 Å². The van der Waals surface area contributed by atoms with Crippen LogP contribution in [0.3, 0.4) is 0 Å². The average Bonchev–Trinajstić information content (AvgIpc) is 3.06. The van der Waals surface area contributed by atoms with Crippen LogP contribution in [-0.2, 0) is 21.5 Å². The predicted molar refractivity (Wildman–Crippen MR) is 128 cm³/mol. The maximum absolute atomic E-state index is 13.4. The molecule has 7 heteroatoms. The first-order valence-corrected chi connectivity index (χ1v) is 13.1. The molecule has 6 nitrogen and oxygen atoms in total. The van der Waals surface area contributed by atoms with Gasteiger partial charge >= 0.3 is 0 Å². The number of aliphatic hydroxyl groups excluding tert-OH is 1. The number of hydrogen-bond acceptors (Lipinski definition) is 5. The van der Waals surface area contributed by atoms with Crippen molar-refractivity contribution in [2.24, 2.45) is 11.3 Å². The van der Waals surface area contributed by atoms with Gasteiger partial charge in [-0.05, 0) is 53.4 Å². The minimum atomic E-state index is -0.678. The Kier molecular flexibility index (Phi) is 6.63. The van der Waals surface area contributed by atoms with E-state index in [0.29, 0.717) is 17.8 Å². The standard InChI is InChI=1S/C25H37N3O3S/c1-24(2,3)21(27-15-32-4)23(31)28-14-19(29)9-20(28)22(30)26-13-16-5-7-18(8-6-16)25-10-17(11-25)12-25/h5-8,17,19-21,27,29H,9-15H2,1-4H3,(H,26,30)/t17?,19-,20+,21-,25?/m1/s1. The molecule has 4 aliphatic rings. The average molecular weight is 460 g/mol. The number of carbonyl (C=O) groups excluding carboxylic acids is 2. The molecule has 0 unspecified atom stereocenters. The molecule has 3 atom stereocenters. The number of hydrogen-bond donors (Lipinski definition) is 3. The molecule has 2 bridgehead atoms. The SMILES string of the molecule is CSCN[C@H](C(=O)N1C[C@H](O)C[C@H]1C(=O)NCc1ccc(C23CC(C2)C3)cc1)C(C)(C)C. The number of rotatable bonds is 8. The van der Waals surface area contributed by atoms with Crippen molar-refractivity contribution in [2.75, 3.05) is 18.7 Å². The van der Waals surface area contributed by atoms with Gasteiger partial charge in [-0.15, -0.1) is 11.8 Å². The Morgan fingerprint density at radius 2 is 1.88 bits per heavy atom. The number of likely N-dealkylation sites (tertiary alicyclic amines) is 1. The molecule has 1 aromatic rings. The van der Waals surface area contributed by atoms with Crippen LogP contribution in [-0.4, -0.2) is 58.7 Å². The Morgan fingerprint density at radius 3 is 2.41 bits per heavy atom. The quantitative estimate of drug-likeness (QED) is 0.521. The maximum Gasteiger partial charge on any atom is 0.243 e. The van der Waals surface area contributed by atoms with Crippen LogP contribution in [0.4, 0.5) is 0 Å². The summed E-state index contributed by atoms with van der Waals surface area (Å²) < 4.78 is 0. The van der Waals surface area contributed by atoms with Gasteiger partial charge in [-0.2, -0.15) is 0 Å². The Hall–Kier alpha value is -1.57. The number of benzene rings is 1.